The summed E-state index contributed by atoms with van der Waals surface area (Å²) in [5, 5.41) is 11.3. The topological polar surface area (TPSA) is 92.9 Å². The van der Waals surface area contributed by atoms with Crippen LogP contribution in [0.2, 0.25) is 0 Å². The van der Waals surface area contributed by atoms with Crippen molar-refractivity contribution < 1.29 is 28.2 Å². The van der Waals surface area contributed by atoms with Crippen molar-refractivity contribution >= 4 is 44.1 Å². The van der Waals surface area contributed by atoms with E-state index in [0.717, 1.165) is 11.3 Å². The van der Waals surface area contributed by atoms with Gasteiger partial charge in [-0.3, -0.25) is 14.5 Å². The Hall–Kier alpha value is -3.98. The summed E-state index contributed by atoms with van der Waals surface area (Å²) in [4.78, 5) is 31.9. The molecule has 1 saturated heterocycles. The van der Waals surface area contributed by atoms with Crippen LogP contribution in [0.1, 0.15) is 24.3 Å². The van der Waals surface area contributed by atoms with Gasteiger partial charge in [-0.05, 0) is 49.4 Å². The summed E-state index contributed by atoms with van der Waals surface area (Å²) in [6, 6.07) is 12.9. The summed E-state index contributed by atoms with van der Waals surface area (Å²) in [6.45, 7) is 2.26. The number of benzene rings is 2. The Balaban J connectivity index is 1.68. The summed E-state index contributed by atoms with van der Waals surface area (Å²) in [5.41, 5.74) is 0.678. The molecule has 1 amide bonds. The van der Waals surface area contributed by atoms with Crippen molar-refractivity contribution in [3.05, 3.63) is 83.6 Å². The van der Waals surface area contributed by atoms with Gasteiger partial charge in [0.05, 0.1) is 28.7 Å². The SMILES string of the molecule is CCOc1cccc(/C(O)=C2\C(=O)C(=O)N(c3nc4ccc(F)cc4s3)C2c2ccco2)c1. The highest BCUT2D eigenvalue weighted by molar-refractivity contribution is 7.22. The Bertz CT molecular complexity index is 1410. The third-order valence-corrected chi connectivity index (χ3v) is 6.24. The van der Waals surface area contributed by atoms with E-state index in [1.807, 2.05) is 6.92 Å². The molecule has 166 valence electrons. The Labute approximate surface area is 191 Å². The van der Waals surface area contributed by atoms with Crippen LogP contribution in [0.15, 0.2) is 70.9 Å². The Morgan fingerprint density at radius 3 is 2.82 bits per heavy atom. The molecule has 3 heterocycles. The van der Waals surface area contributed by atoms with E-state index in [1.165, 1.54) is 29.4 Å². The third-order valence-electron chi connectivity index (χ3n) is 5.22. The van der Waals surface area contributed by atoms with Crippen LogP contribution >= 0.6 is 11.3 Å². The fourth-order valence-electron chi connectivity index (χ4n) is 3.79. The maximum atomic E-state index is 13.7. The largest absolute Gasteiger partial charge is 0.507 e. The van der Waals surface area contributed by atoms with Crippen molar-refractivity contribution in [1.29, 1.82) is 0 Å². The molecule has 5 rings (SSSR count). The first-order valence-corrected chi connectivity index (χ1v) is 10.9. The average molecular weight is 464 g/mol. The van der Waals surface area contributed by atoms with Crippen LogP contribution in [-0.2, 0) is 9.59 Å². The number of amides is 1. The number of ether oxygens (including phenoxy) is 1. The monoisotopic (exact) mass is 464 g/mol. The molecule has 0 aliphatic carbocycles. The van der Waals surface area contributed by atoms with Crippen molar-refractivity contribution in [2.45, 2.75) is 13.0 Å². The number of aromatic nitrogens is 1. The van der Waals surface area contributed by atoms with Crippen LogP contribution in [0, 0.1) is 5.82 Å². The minimum atomic E-state index is -1.04. The number of rotatable bonds is 5. The van der Waals surface area contributed by atoms with Crippen molar-refractivity contribution in [2.75, 3.05) is 11.5 Å². The number of fused-ring (bicyclic) bond motifs is 1. The zero-order chi connectivity index (χ0) is 23.1. The van der Waals surface area contributed by atoms with Gasteiger partial charge in [0.1, 0.15) is 29.1 Å². The Morgan fingerprint density at radius 2 is 2.06 bits per heavy atom. The molecular formula is C24H17FN2O5S. The Morgan fingerprint density at radius 1 is 1.21 bits per heavy atom. The molecule has 1 atom stereocenters. The molecular weight excluding hydrogens is 447 g/mol. The first-order valence-electron chi connectivity index (χ1n) is 10.1. The second kappa shape index (κ2) is 8.18. The van der Waals surface area contributed by atoms with Gasteiger partial charge in [0.25, 0.3) is 5.78 Å². The predicted octanol–water partition coefficient (Wildman–Crippen LogP) is 5.05. The molecule has 2 aromatic heterocycles. The number of furan rings is 1. The van der Waals surface area contributed by atoms with Crippen LogP contribution in [-0.4, -0.2) is 28.4 Å². The highest BCUT2D eigenvalue weighted by atomic mass is 32.1. The summed E-state index contributed by atoms with van der Waals surface area (Å²) >= 11 is 1.07. The molecule has 2 aromatic carbocycles. The lowest BCUT2D eigenvalue weighted by Gasteiger charge is -2.20. The summed E-state index contributed by atoms with van der Waals surface area (Å²) in [5.74, 6) is -1.73. The van der Waals surface area contributed by atoms with Crippen molar-refractivity contribution in [3.8, 4) is 5.75 Å². The zero-order valence-corrected chi connectivity index (χ0v) is 18.1. The number of nitrogens with zero attached hydrogens (tertiary/aromatic N) is 2. The summed E-state index contributed by atoms with van der Waals surface area (Å²) in [6.07, 6.45) is 1.42. The molecule has 1 unspecified atom stereocenters. The normalized spacial score (nSPS) is 17.8. The molecule has 0 spiro atoms. The van der Waals surface area contributed by atoms with Gasteiger partial charge in [0.15, 0.2) is 5.13 Å². The molecule has 1 N–H and O–H groups in total. The van der Waals surface area contributed by atoms with Gasteiger partial charge < -0.3 is 14.3 Å². The third kappa shape index (κ3) is 3.56. The molecule has 7 nitrogen and oxygen atoms in total. The number of halogens is 1. The van der Waals surface area contributed by atoms with Gasteiger partial charge in [-0.15, -0.1) is 0 Å². The number of carbonyl (C=O) groups excluding carboxylic acids is 2. The molecule has 33 heavy (non-hydrogen) atoms. The molecule has 9 heteroatoms. The highest BCUT2D eigenvalue weighted by Gasteiger charge is 2.49. The fraction of sp³-hybridized carbons (Fsp3) is 0.125. The number of aliphatic hydroxyl groups is 1. The fourth-order valence-corrected chi connectivity index (χ4v) is 4.81. The van der Waals surface area contributed by atoms with E-state index >= 15 is 0 Å². The van der Waals surface area contributed by atoms with Gasteiger partial charge in [-0.1, -0.05) is 23.5 Å². The Kier molecular flexibility index (Phi) is 5.18. The number of thiazole rings is 1. The number of hydrogen-bond acceptors (Lipinski definition) is 7. The average Bonchev–Trinajstić information content (AvgIpc) is 3.52. The second-order valence-corrected chi connectivity index (χ2v) is 8.26. The smallest absolute Gasteiger partial charge is 0.302 e. The maximum Gasteiger partial charge on any atom is 0.302 e. The standard InChI is InChI=1S/C24H17FN2O5S/c1-2-31-15-6-3-5-13(11-15)21(28)19-20(17-7-4-10-32-17)27(23(30)22(19)29)24-26-16-9-8-14(25)12-18(16)33-24/h3-12,20,28H,2H2,1H3/b21-19+. The van der Waals surface area contributed by atoms with Gasteiger partial charge >= 0.3 is 5.91 Å². The molecule has 0 radical (unpaired) electrons. The predicted molar refractivity (Wildman–Crippen MR) is 121 cm³/mol. The number of Topliss-reactive ketones (excluding diaryl/α,β-unsaturated/α-hetero) is 1. The van der Waals surface area contributed by atoms with Crippen LogP contribution in [0.5, 0.6) is 5.75 Å². The number of carbonyl (C=O) groups is 2. The molecule has 0 saturated carbocycles. The van der Waals surface area contributed by atoms with Crippen molar-refractivity contribution in [1.82, 2.24) is 4.98 Å². The van der Waals surface area contributed by atoms with Gasteiger partial charge in [0.2, 0.25) is 0 Å². The minimum absolute atomic E-state index is 0.131. The van der Waals surface area contributed by atoms with E-state index < -0.39 is 23.5 Å². The van der Waals surface area contributed by atoms with Crippen LogP contribution in [0.4, 0.5) is 9.52 Å². The number of anilines is 1. The van der Waals surface area contributed by atoms with E-state index in [4.69, 9.17) is 9.15 Å². The van der Waals surface area contributed by atoms with Crippen molar-refractivity contribution in [2.24, 2.45) is 0 Å². The quantitative estimate of drug-likeness (QED) is 0.252. The number of ketones is 1. The lowest BCUT2D eigenvalue weighted by Crippen LogP contribution is -2.29. The van der Waals surface area contributed by atoms with E-state index in [9.17, 15) is 19.1 Å². The molecule has 0 bridgehead atoms. The summed E-state index contributed by atoms with van der Waals surface area (Å²) < 4.78 is 25.2. The molecule has 1 fully saturated rings. The van der Waals surface area contributed by atoms with Crippen LogP contribution in [0.3, 0.4) is 0 Å². The summed E-state index contributed by atoms with van der Waals surface area (Å²) in [7, 11) is 0. The number of hydrogen-bond donors (Lipinski definition) is 1. The van der Waals surface area contributed by atoms with Gasteiger partial charge in [-0.2, -0.15) is 0 Å². The number of aliphatic hydroxyl groups excluding tert-OH is 1. The van der Waals surface area contributed by atoms with E-state index in [1.54, 1.807) is 36.4 Å². The van der Waals surface area contributed by atoms with Crippen molar-refractivity contribution in [3.63, 3.8) is 0 Å². The second-order valence-electron chi connectivity index (χ2n) is 7.25. The van der Waals surface area contributed by atoms with Crippen LogP contribution < -0.4 is 9.64 Å². The highest BCUT2D eigenvalue weighted by Crippen LogP contribution is 2.44. The molecule has 4 aromatic rings. The zero-order valence-electron chi connectivity index (χ0n) is 17.3. The first kappa shape index (κ1) is 20.9. The maximum absolute atomic E-state index is 13.7. The van der Waals surface area contributed by atoms with E-state index in [2.05, 4.69) is 4.98 Å². The van der Waals surface area contributed by atoms with Gasteiger partial charge in [0, 0.05) is 5.56 Å². The lowest BCUT2D eigenvalue weighted by molar-refractivity contribution is -0.132. The van der Waals surface area contributed by atoms with E-state index in [0.29, 0.717) is 28.1 Å². The van der Waals surface area contributed by atoms with Gasteiger partial charge in [-0.25, -0.2) is 9.37 Å². The van der Waals surface area contributed by atoms with E-state index in [-0.39, 0.29) is 22.2 Å². The van der Waals surface area contributed by atoms with Crippen LogP contribution in [0.25, 0.3) is 16.0 Å². The molecule has 1 aliphatic rings. The lowest BCUT2D eigenvalue weighted by atomic mass is 9.99. The molecule has 1 aliphatic heterocycles. The first-order chi connectivity index (χ1) is 16.0. The minimum Gasteiger partial charge on any atom is -0.507 e.